The third-order valence-electron chi connectivity index (χ3n) is 5.26. The van der Waals surface area contributed by atoms with Crippen LogP contribution >= 0.6 is 11.3 Å². The van der Waals surface area contributed by atoms with Crippen LogP contribution in [0.25, 0.3) is 10.9 Å². The number of para-hydroxylation sites is 1. The quantitative estimate of drug-likeness (QED) is 0.678. The standard InChI is InChI=1S/C21H22N2O3S/c1-3-13-8-9-17-14(10-13)11-18(27-17)21(25)26-12(2)19-22-16-7-5-4-6-15(16)20(24)23-19/h4-7,11-13H,3,8-10H2,1-2H3,(H,22,23,24)/t12-,13-/m0/s1. The summed E-state index contributed by atoms with van der Waals surface area (Å²) in [7, 11) is 0. The highest BCUT2D eigenvalue weighted by Crippen LogP contribution is 2.34. The van der Waals surface area contributed by atoms with Gasteiger partial charge < -0.3 is 9.72 Å². The van der Waals surface area contributed by atoms with Crippen molar-refractivity contribution in [3.8, 4) is 0 Å². The van der Waals surface area contributed by atoms with E-state index in [1.807, 2.05) is 12.1 Å². The zero-order valence-corrected chi connectivity index (χ0v) is 16.3. The van der Waals surface area contributed by atoms with Gasteiger partial charge in [0, 0.05) is 4.88 Å². The van der Waals surface area contributed by atoms with Crippen molar-refractivity contribution >= 4 is 28.2 Å². The Morgan fingerprint density at radius 3 is 3.04 bits per heavy atom. The van der Waals surface area contributed by atoms with Crippen LogP contribution in [0.15, 0.2) is 35.1 Å². The molecule has 140 valence electrons. The minimum Gasteiger partial charge on any atom is -0.450 e. The first-order chi connectivity index (χ1) is 13.0. The summed E-state index contributed by atoms with van der Waals surface area (Å²) in [6, 6.07) is 9.11. The molecule has 6 heteroatoms. The van der Waals surface area contributed by atoms with Crippen molar-refractivity contribution in [2.24, 2.45) is 5.92 Å². The van der Waals surface area contributed by atoms with Crippen molar-refractivity contribution in [1.82, 2.24) is 9.97 Å². The van der Waals surface area contributed by atoms with Gasteiger partial charge in [0.1, 0.15) is 4.88 Å². The number of esters is 1. The average molecular weight is 382 g/mol. The fourth-order valence-corrected chi connectivity index (χ4v) is 4.71. The molecule has 0 bridgehead atoms. The van der Waals surface area contributed by atoms with Gasteiger partial charge in [-0.2, -0.15) is 0 Å². The minimum atomic E-state index is -0.627. The molecule has 2 aromatic heterocycles. The number of thiophene rings is 1. The summed E-state index contributed by atoms with van der Waals surface area (Å²) in [5, 5.41) is 0.524. The number of aromatic amines is 1. The molecule has 2 atom stereocenters. The van der Waals surface area contributed by atoms with Gasteiger partial charge in [-0.25, -0.2) is 9.78 Å². The maximum atomic E-state index is 12.6. The summed E-state index contributed by atoms with van der Waals surface area (Å²) in [6.45, 7) is 3.95. The Labute approximate surface area is 161 Å². The SMILES string of the molecule is CC[C@H]1CCc2sc(C(=O)O[C@@H](C)c3nc4ccccc4c(=O)[nH]3)cc2C1. The second-order valence-corrected chi connectivity index (χ2v) is 8.23. The Balaban J connectivity index is 1.53. The molecule has 5 nitrogen and oxygen atoms in total. The van der Waals surface area contributed by atoms with Gasteiger partial charge in [-0.05, 0) is 55.9 Å². The van der Waals surface area contributed by atoms with Gasteiger partial charge in [0.2, 0.25) is 0 Å². The molecular weight excluding hydrogens is 360 g/mol. The Morgan fingerprint density at radius 1 is 1.41 bits per heavy atom. The largest absolute Gasteiger partial charge is 0.450 e. The van der Waals surface area contributed by atoms with Crippen LogP contribution < -0.4 is 5.56 Å². The number of ether oxygens (including phenoxy) is 1. The number of H-pyrrole nitrogens is 1. The molecule has 0 amide bonds. The predicted octanol–water partition coefficient (Wildman–Crippen LogP) is 4.42. The van der Waals surface area contributed by atoms with E-state index in [0.717, 1.165) is 12.8 Å². The molecule has 0 saturated heterocycles. The van der Waals surface area contributed by atoms with Gasteiger partial charge >= 0.3 is 5.97 Å². The smallest absolute Gasteiger partial charge is 0.349 e. The molecule has 1 N–H and O–H groups in total. The second-order valence-electron chi connectivity index (χ2n) is 7.09. The van der Waals surface area contributed by atoms with Crippen LogP contribution in [0.1, 0.15) is 58.7 Å². The van der Waals surface area contributed by atoms with Gasteiger partial charge in [-0.1, -0.05) is 25.5 Å². The summed E-state index contributed by atoms with van der Waals surface area (Å²) in [5.41, 5.74) is 1.65. The van der Waals surface area contributed by atoms with E-state index in [2.05, 4.69) is 16.9 Å². The van der Waals surface area contributed by atoms with Crippen LogP contribution in [0.5, 0.6) is 0 Å². The van der Waals surface area contributed by atoms with Crippen molar-refractivity contribution in [2.45, 2.75) is 45.6 Å². The average Bonchev–Trinajstić information content (AvgIpc) is 3.11. The molecule has 1 aliphatic rings. The lowest BCUT2D eigenvalue weighted by molar-refractivity contribution is 0.0326. The lowest BCUT2D eigenvalue weighted by Gasteiger charge is -2.19. The number of fused-ring (bicyclic) bond motifs is 2. The third kappa shape index (κ3) is 3.54. The number of carbonyl (C=O) groups is 1. The fraction of sp³-hybridized carbons (Fsp3) is 0.381. The van der Waals surface area contributed by atoms with E-state index in [1.165, 1.54) is 34.6 Å². The van der Waals surface area contributed by atoms with Crippen molar-refractivity contribution < 1.29 is 9.53 Å². The first-order valence-electron chi connectivity index (χ1n) is 9.36. The van der Waals surface area contributed by atoms with Gasteiger partial charge in [0.25, 0.3) is 5.56 Å². The predicted molar refractivity (Wildman–Crippen MR) is 106 cm³/mol. The van der Waals surface area contributed by atoms with Gasteiger partial charge in [-0.3, -0.25) is 4.79 Å². The highest BCUT2D eigenvalue weighted by molar-refractivity contribution is 7.14. The number of rotatable bonds is 4. The van der Waals surface area contributed by atoms with Crippen LogP contribution in [0.4, 0.5) is 0 Å². The van der Waals surface area contributed by atoms with E-state index in [1.54, 1.807) is 25.1 Å². The summed E-state index contributed by atoms with van der Waals surface area (Å²) in [5.74, 6) is 0.715. The van der Waals surface area contributed by atoms with Crippen LogP contribution in [0.3, 0.4) is 0 Å². The zero-order valence-electron chi connectivity index (χ0n) is 15.5. The summed E-state index contributed by atoms with van der Waals surface area (Å²) in [4.78, 5) is 33.9. The summed E-state index contributed by atoms with van der Waals surface area (Å²) < 4.78 is 5.60. The highest BCUT2D eigenvalue weighted by Gasteiger charge is 2.24. The maximum Gasteiger partial charge on any atom is 0.349 e. The third-order valence-corrected chi connectivity index (χ3v) is 6.48. The minimum absolute atomic E-state index is 0.226. The Kier molecular flexibility index (Phi) is 4.83. The second kappa shape index (κ2) is 7.27. The Morgan fingerprint density at radius 2 is 2.22 bits per heavy atom. The molecule has 3 aromatic rings. The Hall–Kier alpha value is -2.47. The molecule has 1 aliphatic carbocycles. The maximum absolute atomic E-state index is 12.6. The van der Waals surface area contributed by atoms with Crippen molar-refractivity contribution in [1.29, 1.82) is 0 Å². The lowest BCUT2D eigenvalue weighted by Crippen LogP contribution is -2.17. The number of aromatic nitrogens is 2. The number of nitrogens with one attached hydrogen (secondary N) is 1. The van der Waals surface area contributed by atoms with Crippen LogP contribution in [-0.4, -0.2) is 15.9 Å². The normalized spacial score (nSPS) is 17.5. The number of aryl methyl sites for hydroxylation is 1. The van der Waals surface area contributed by atoms with E-state index < -0.39 is 6.10 Å². The first-order valence-corrected chi connectivity index (χ1v) is 10.2. The molecule has 2 heterocycles. The molecule has 0 fully saturated rings. The van der Waals surface area contributed by atoms with Crippen molar-refractivity contribution in [2.75, 3.05) is 0 Å². The zero-order chi connectivity index (χ0) is 19.0. The molecule has 4 rings (SSSR count). The monoisotopic (exact) mass is 382 g/mol. The number of benzene rings is 1. The van der Waals surface area contributed by atoms with Crippen LogP contribution in [0.2, 0.25) is 0 Å². The van der Waals surface area contributed by atoms with E-state index in [9.17, 15) is 9.59 Å². The van der Waals surface area contributed by atoms with E-state index >= 15 is 0 Å². The number of carbonyl (C=O) groups excluding carboxylic acids is 1. The van der Waals surface area contributed by atoms with Crippen molar-refractivity contribution in [3.63, 3.8) is 0 Å². The van der Waals surface area contributed by atoms with Crippen LogP contribution in [-0.2, 0) is 17.6 Å². The topological polar surface area (TPSA) is 72.0 Å². The molecule has 1 aromatic carbocycles. The van der Waals surface area contributed by atoms with Gasteiger partial charge in [0.15, 0.2) is 11.9 Å². The van der Waals surface area contributed by atoms with Gasteiger partial charge in [0.05, 0.1) is 10.9 Å². The van der Waals surface area contributed by atoms with E-state index in [-0.39, 0.29) is 11.5 Å². The molecule has 0 unspecified atom stereocenters. The van der Waals surface area contributed by atoms with E-state index in [4.69, 9.17) is 4.74 Å². The van der Waals surface area contributed by atoms with E-state index in [0.29, 0.717) is 27.5 Å². The molecule has 27 heavy (non-hydrogen) atoms. The Bertz CT molecular complexity index is 1050. The number of nitrogens with zero attached hydrogens (tertiary/aromatic N) is 1. The molecule has 0 radical (unpaired) electrons. The number of hydrogen-bond acceptors (Lipinski definition) is 5. The molecular formula is C21H22N2O3S. The van der Waals surface area contributed by atoms with Crippen LogP contribution in [0, 0.1) is 5.92 Å². The fourth-order valence-electron chi connectivity index (χ4n) is 3.62. The van der Waals surface area contributed by atoms with Gasteiger partial charge in [-0.15, -0.1) is 11.3 Å². The lowest BCUT2D eigenvalue weighted by atomic mass is 9.87. The van der Waals surface area contributed by atoms with Crippen molar-refractivity contribution in [3.05, 3.63) is 61.8 Å². The molecule has 0 aliphatic heterocycles. The molecule has 0 saturated carbocycles. The molecule has 0 spiro atoms. The first kappa shape index (κ1) is 17.9. The summed E-state index contributed by atoms with van der Waals surface area (Å²) >= 11 is 1.53. The highest BCUT2D eigenvalue weighted by atomic mass is 32.1. The number of hydrogen-bond donors (Lipinski definition) is 1. The summed E-state index contributed by atoms with van der Waals surface area (Å²) in [6.07, 6.45) is 3.83.